The highest BCUT2D eigenvalue weighted by atomic mass is 32.1. The molecular weight excluding hydrogens is 220 g/mol. The molecule has 0 aliphatic heterocycles. The predicted octanol–water partition coefficient (Wildman–Crippen LogP) is 2.24. The molecule has 1 aromatic rings. The minimum atomic E-state index is -0.0331. The number of aliphatic hydroxyl groups excluding tert-OH is 1. The number of thiazole rings is 1. The van der Waals surface area contributed by atoms with Gasteiger partial charge in [0.05, 0.1) is 17.8 Å². The number of aliphatic hydroxyl groups is 1. The smallest absolute Gasteiger partial charge is 0.0798 e. The molecule has 0 amide bonds. The molecule has 1 aromatic heterocycles. The van der Waals surface area contributed by atoms with Crippen molar-refractivity contribution in [3.63, 3.8) is 0 Å². The summed E-state index contributed by atoms with van der Waals surface area (Å²) in [5.74, 6) is 0. The van der Waals surface area contributed by atoms with Crippen molar-refractivity contribution in [3.05, 3.63) is 16.1 Å². The Morgan fingerprint density at radius 3 is 2.75 bits per heavy atom. The van der Waals surface area contributed by atoms with Gasteiger partial charge in [0.1, 0.15) is 0 Å². The highest BCUT2D eigenvalue weighted by molar-refractivity contribution is 7.09. The molecule has 90 valence electrons. The van der Waals surface area contributed by atoms with Gasteiger partial charge >= 0.3 is 0 Å². The topological polar surface area (TPSA) is 45.2 Å². The number of hydrogen-bond acceptors (Lipinski definition) is 4. The molecule has 0 atom stereocenters. The van der Waals surface area contributed by atoms with Crippen LogP contribution in [0.1, 0.15) is 42.7 Å². The zero-order valence-electron chi connectivity index (χ0n) is 9.83. The van der Waals surface area contributed by atoms with E-state index >= 15 is 0 Å². The van der Waals surface area contributed by atoms with Crippen molar-refractivity contribution in [2.24, 2.45) is 0 Å². The fourth-order valence-corrected chi connectivity index (χ4v) is 3.10. The molecule has 0 bridgehead atoms. The molecule has 0 spiro atoms. The maximum atomic E-state index is 9.56. The largest absolute Gasteiger partial charge is 0.394 e. The minimum absolute atomic E-state index is 0.0331. The summed E-state index contributed by atoms with van der Waals surface area (Å²) in [6, 6.07) is 0. The minimum Gasteiger partial charge on any atom is -0.394 e. The normalized spacial score (nSPS) is 19.9. The van der Waals surface area contributed by atoms with E-state index in [1.807, 2.05) is 12.4 Å². The number of nitrogens with one attached hydrogen (secondary N) is 1. The van der Waals surface area contributed by atoms with Crippen LogP contribution in [0.2, 0.25) is 0 Å². The molecule has 0 aromatic carbocycles. The second kappa shape index (κ2) is 5.25. The first-order chi connectivity index (χ1) is 7.76. The van der Waals surface area contributed by atoms with Crippen molar-refractivity contribution >= 4 is 11.3 Å². The Morgan fingerprint density at radius 1 is 1.44 bits per heavy atom. The van der Waals surface area contributed by atoms with E-state index in [0.717, 1.165) is 25.1 Å². The summed E-state index contributed by atoms with van der Waals surface area (Å²) >= 11 is 1.69. The SMILES string of the molecule is Cc1ncsc1CNC1(CO)CCCCC1. The van der Waals surface area contributed by atoms with E-state index in [9.17, 15) is 5.11 Å². The summed E-state index contributed by atoms with van der Waals surface area (Å²) in [5.41, 5.74) is 2.97. The molecule has 1 aliphatic carbocycles. The summed E-state index contributed by atoms with van der Waals surface area (Å²) < 4.78 is 0. The van der Waals surface area contributed by atoms with Gasteiger partial charge in [-0.3, -0.25) is 0 Å². The van der Waals surface area contributed by atoms with Gasteiger partial charge in [0, 0.05) is 17.0 Å². The van der Waals surface area contributed by atoms with Crippen LogP contribution in [0.5, 0.6) is 0 Å². The van der Waals surface area contributed by atoms with E-state index in [0.29, 0.717) is 0 Å². The van der Waals surface area contributed by atoms with Gasteiger partial charge in [-0.25, -0.2) is 4.98 Å². The van der Waals surface area contributed by atoms with Gasteiger partial charge in [0.25, 0.3) is 0 Å². The summed E-state index contributed by atoms with van der Waals surface area (Å²) in [4.78, 5) is 5.54. The van der Waals surface area contributed by atoms with Crippen LogP contribution in [0, 0.1) is 6.92 Å². The number of hydrogen-bond donors (Lipinski definition) is 2. The van der Waals surface area contributed by atoms with Crippen molar-refractivity contribution in [2.75, 3.05) is 6.61 Å². The van der Waals surface area contributed by atoms with E-state index in [1.165, 1.54) is 24.1 Å². The number of rotatable bonds is 4. The van der Waals surface area contributed by atoms with E-state index in [2.05, 4.69) is 10.3 Å². The van der Waals surface area contributed by atoms with Crippen LogP contribution in [-0.4, -0.2) is 22.2 Å². The monoisotopic (exact) mass is 240 g/mol. The molecule has 0 radical (unpaired) electrons. The Kier molecular flexibility index (Phi) is 3.95. The molecule has 2 rings (SSSR count). The maximum Gasteiger partial charge on any atom is 0.0798 e. The quantitative estimate of drug-likeness (QED) is 0.848. The zero-order valence-corrected chi connectivity index (χ0v) is 10.6. The third kappa shape index (κ3) is 2.62. The van der Waals surface area contributed by atoms with Crippen LogP contribution in [0.15, 0.2) is 5.51 Å². The Balaban J connectivity index is 1.94. The standard InChI is InChI=1S/C12H20N2OS/c1-10-11(16-9-13-10)7-14-12(8-15)5-3-2-4-6-12/h9,14-15H,2-8H2,1H3. The molecule has 0 unspecified atom stereocenters. The van der Waals surface area contributed by atoms with Gasteiger partial charge in [-0.15, -0.1) is 11.3 Å². The van der Waals surface area contributed by atoms with Crippen LogP contribution < -0.4 is 5.32 Å². The Bertz CT molecular complexity index is 332. The van der Waals surface area contributed by atoms with Crippen molar-refractivity contribution in [1.82, 2.24) is 10.3 Å². The third-order valence-electron chi connectivity index (χ3n) is 3.58. The molecule has 1 heterocycles. The van der Waals surface area contributed by atoms with Crippen molar-refractivity contribution in [1.29, 1.82) is 0 Å². The highest BCUT2D eigenvalue weighted by Crippen LogP contribution is 2.28. The van der Waals surface area contributed by atoms with Gasteiger partial charge in [-0.05, 0) is 19.8 Å². The van der Waals surface area contributed by atoms with Gasteiger partial charge in [0.2, 0.25) is 0 Å². The lowest BCUT2D eigenvalue weighted by atomic mass is 9.82. The lowest BCUT2D eigenvalue weighted by Crippen LogP contribution is -2.49. The lowest BCUT2D eigenvalue weighted by molar-refractivity contribution is 0.120. The average molecular weight is 240 g/mol. The van der Waals surface area contributed by atoms with Gasteiger partial charge in [0.15, 0.2) is 0 Å². The average Bonchev–Trinajstić information content (AvgIpc) is 2.74. The first-order valence-corrected chi connectivity index (χ1v) is 6.89. The Labute approximate surface area is 101 Å². The molecule has 1 fully saturated rings. The molecule has 1 saturated carbocycles. The molecule has 2 N–H and O–H groups in total. The highest BCUT2D eigenvalue weighted by Gasteiger charge is 2.30. The second-order valence-electron chi connectivity index (χ2n) is 4.71. The van der Waals surface area contributed by atoms with Crippen LogP contribution in [0.4, 0.5) is 0 Å². The molecular formula is C12H20N2OS. The lowest BCUT2D eigenvalue weighted by Gasteiger charge is -2.36. The van der Waals surface area contributed by atoms with Crippen LogP contribution in [0.3, 0.4) is 0 Å². The fraction of sp³-hybridized carbons (Fsp3) is 0.750. The molecule has 16 heavy (non-hydrogen) atoms. The summed E-state index contributed by atoms with van der Waals surface area (Å²) in [7, 11) is 0. The van der Waals surface area contributed by atoms with Crippen molar-refractivity contribution < 1.29 is 5.11 Å². The number of aryl methyl sites for hydroxylation is 1. The molecule has 3 nitrogen and oxygen atoms in total. The third-order valence-corrected chi connectivity index (χ3v) is 4.52. The van der Waals surface area contributed by atoms with Crippen LogP contribution in [-0.2, 0) is 6.54 Å². The van der Waals surface area contributed by atoms with E-state index in [4.69, 9.17) is 0 Å². The van der Waals surface area contributed by atoms with Crippen molar-refractivity contribution in [3.8, 4) is 0 Å². The first kappa shape index (κ1) is 12.0. The zero-order chi connectivity index (χ0) is 11.4. The second-order valence-corrected chi connectivity index (χ2v) is 5.65. The number of nitrogens with zero attached hydrogens (tertiary/aromatic N) is 1. The molecule has 0 saturated heterocycles. The Hall–Kier alpha value is -0.450. The van der Waals surface area contributed by atoms with E-state index < -0.39 is 0 Å². The Morgan fingerprint density at radius 2 is 2.19 bits per heavy atom. The van der Waals surface area contributed by atoms with Gasteiger partial charge in [-0.2, -0.15) is 0 Å². The number of aromatic nitrogens is 1. The van der Waals surface area contributed by atoms with Gasteiger partial charge in [-0.1, -0.05) is 19.3 Å². The van der Waals surface area contributed by atoms with E-state index in [1.54, 1.807) is 11.3 Å². The molecule has 1 aliphatic rings. The van der Waals surface area contributed by atoms with Crippen LogP contribution in [0.25, 0.3) is 0 Å². The first-order valence-electron chi connectivity index (χ1n) is 6.01. The van der Waals surface area contributed by atoms with Gasteiger partial charge < -0.3 is 10.4 Å². The van der Waals surface area contributed by atoms with E-state index in [-0.39, 0.29) is 12.1 Å². The summed E-state index contributed by atoms with van der Waals surface area (Å²) in [5, 5.41) is 13.1. The summed E-state index contributed by atoms with van der Waals surface area (Å²) in [6.45, 7) is 3.14. The predicted molar refractivity (Wildman–Crippen MR) is 66.6 cm³/mol. The molecule has 4 heteroatoms. The summed E-state index contributed by atoms with van der Waals surface area (Å²) in [6.07, 6.45) is 5.97. The van der Waals surface area contributed by atoms with Crippen LogP contribution >= 0.6 is 11.3 Å². The fourth-order valence-electron chi connectivity index (χ4n) is 2.38. The van der Waals surface area contributed by atoms with Crippen molar-refractivity contribution in [2.45, 2.75) is 51.1 Å². The maximum absolute atomic E-state index is 9.56.